The molecule has 0 bridgehead atoms. The van der Waals surface area contributed by atoms with Gasteiger partial charge in [0.2, 0.25) is 0 Å². The fourth-order valence-electron chi connectivity index (χ4n) is 0.618. The van der Waals surface area contributed by atoms with Gasteiger partial charge >= 0.3 is 12.4 Å². The van der Waals surface area contributed by atoms with Gasteiger partial charge in [0.05, 0.1) is 4.99 Å². The van der Waals surface area contributed by atoms with Gasteiger partial charge in [-0.3, -0.25) is 0 Å². The van der Waals surface area contributed by atoms with Crippen molar-refractivity contribution >= 4 is 17.2 Å². The van der Waals surface area contributed by atoms with E-state index in [0.29, 0.717) is 0 Å². The topological polar surface area (TPSA) is 26.0 Å². The molecular weight excluding hydrogens is 220 g/mol. The predicted octanol–water partition coefficient (Wildman–Crippen LogP) is 2.40. The molecule has 0 aliphatic carbocycles. The summed E-state index contributed by atoms with van der Waals surface area (Å²) in [6.07, 6.45) is -12.1. The van der Waals surface area contributed by atoms with E-state index in [1.54, 1.807) is 0 Å². The zero-order chi connectivity index (χ0) is 10.9. The van der Waals surface area contributed by atoms with Crippen LogP contribution in [-0.4, -0.2) is 17.3 Å². The fraction of sp³-hybridized carbons (Fsp3) is 0.800. The monoisotopic (exact) mass is 225 g/mol. The van der Waals surface area contributed by atoms with E-state index in [1.807, 2.05) is 0 Å². The summed E-state index contributed by atoms with van der Waals surface area (Å²) in [5.41, 5.74) is 4.62. The highest BCUT2D eigenvalue weighted by atomic mass is 32.1. The summed E-state index contributed by atoms with van der Waals surface area (Å²) in [7, 11) is 0. The molecule has 0 aliphatic heterocycles. The van der Waals surface area contributed by atoms with Crippen molar-refractivity contribution < 1.29 is 26.3 Å². The van der Waals surface area contributed by atoms with E-state index >= 15 is 0 Å². The molecule has 78 valence electrons. The summed E-state index contributed by atoms with van der Waals surface area (Å²) in [6.45, 7) is 0. The van der Waals surface area contributed by atoms with Crippen molar-refractivity contribution in [3.63, 3.8) is 0 Å². The predicted molar refractivity (Wildman–Crippen MR) is 37.0 cm³/mol. The molecule has 0 amide bonds. The van der Waals surface area contributed by atoms with Gasteiger partial charge in [0.1, 0.15) is 0 Å². The largest absolute Gasteiger partial charge is 0.400 e. The molecule has 0 fully saturated rings. The number of alkyl halides is 6. The molecule has 0 aromatic rings. The van der Waals surface area contributed by atoms with Gasteiger partial charge in [0, 0.05) is 6.42 Å². The Bertz CT molecular complexity index is 180. The molecule has 0 saturated heterocycles. The van der Waals surface area contributed by atoms with E-state index in [2.05, 4.69) is 18.0 Å². The number of nitrogens with two attached hydrogens (primary N) is 1. The minimum atomic E-state index is -5.36. The quantitative estimate of drug-likeness (QED) is 0.576. The molecule has 0 heterocycles. The molecule has 0 aromatic carbocycles. The van der Waals surface area contributed by atoms with Gasteiger partial charge in [-0.05, 0) is 0 Å². The second-order valence-corrected chi connectivity index (χ2v) is 2.83. The maximum atomic E-state index is 11.7. The van der Waals surface area contributed by atoms with Crippen molar-refractivity contribution in [3.8, 4) is 0 Å². The van der Waals surface area contributed by atoms with Crippen LogP contribution in [0.1, 0.15) is 6.42 Å². The molecule has 0 radical (unpaired) electrons. The van der Waals surface area contributed by atoms with E-state index in [9.17, 15) is 26.3 Å². The smallest absolute Gasteiger partial charge is 0.393 e. The summed E-state index contributed by atoms with van der Waals surface area (Å²) in [4.78, 5) is -0.806. The first-order chi connectivity index (χ1) is 5.55. The molecule has 0 rings (SSSR count). The highest BCUT2D eigenvalue weighted by molar-refractivity contribution is 7.80. The third-order valence-corrected chi connectivity index (χ3v) is 1.36. The summed E-state index contributed by atoms with van der Waals surface area (Å²) < 4.78 is 70.4. The minimum Gasteiger partial charge on any atom is -0.393 e. The Morgan fingerprint density at radius 2 is 1.38 bits per heavy atom. The first-order valence-corrected chi connectivity index (χ1v) is 3.37. The average molecular weight is 225 g/mol. The van der Waals surface area contributed by atoms with Crippen molar-refractivity contribution in [1.29, 1.82) is 0 Å². The van der Waals surface area contributed by atoms with Gasteiger partial charge in [0.15, 0.2) is 5.92 Å². The first-order valence-electron chi connectivity index (χ1n) is 2.97. The Balaban J connectivity index is 4.68. The summed E-state index contributed by atoms with van der Waals surface area (Å²) in [6, 6.07) is 0. The molecule has 0 spiro atoms. The maximum absolute atomic E-state index is 11.7. The zero-order valence-corrected chi connectivity index (χ0v) is 6.85. The minimum absolute atomic E-state index is 0.806. The van der Waals surface area contributed by atoms with Crippen LogP contribution in [0.15, 0.2) is 0 Å². The standard InChI is InChI=1S/C5H5F6NS/c6-4(7,8)2(1-3(12)13)5(9,10)11/h2H,1H2,(H2,12,13). The van der Waals surface area contributed by atoms with Crippen LogP contribution in [0.2, 0.25) is 0 Å². The first kappa shape index (κ1) is 12.5. The van der Waals surface area contributed by atoms with Crippen molar-refractivity contribution in [3.05, 3.63) is 0 Å². The van der Waals surface area contributed by atoms with Crippen LogP contribution >= 0.6 is 12.2 Å². The normalized spacial score (nSPS) is 13.5. The van der Waals surface area contributed by atoms with E-state index in [0.717, 1.165) is 0 Å². The van der Waals surface area contributed by atoms with Crippen LogP contribution in [-0.2, 0) is 0 Å². The van der Waals surface area contributed by atoms with Gasteiger partial charge in [-0.25, -0.2) is 0 Å². The van der Waals surface area contributed by atoms with Crippen molar-refractivity contribution in [2.24, 2.45) is 11.7 Å². The molecule has 0 aromatic heterocycles. The lowest BCUT2D eigenvalue weighted by Gasteiger charge is -2.22. The third kappa shape index (κ3) is 4.30. The Labute approximate surface area is 74.9 Å². The number of halogens is 6. The molecule has 0 aliphatic rings. The van der Waals surface area contributed by atoms with Crippen molar-refractivity contribution in [2.75, 3.05) is 0 Å². The number of thiocarbonyl (C=S) groups is 1. The maximum Gasteiger partial charge on any atom is 0.400 e. The molecule has 8 heteroatoms. The molecule has 0 atom stereocenters. The van der Waals surface area contributed by atoms with Crippen LogP contribution in [0.4, 0.5) is 26.3 Å². The summed E-state index contributed by atoms with van der Waals surface area (Å²) in [5.74, 6) is -3.46. The SMILES string of the molecule is NC(=S)CC(C(F)(F)F)C(F)(F)F. The second kappa shape index (κ2) is 3.69. The van der Waals surface area contributed by atoms with E-state index in [-0.39, 0.29) is 0 Å². The highest BCUT2D eigenvalue weighted by Crippen LogP contribution is 2.41. The highest BCUT2D eigenvalue weighted by Gasteiger charge is 2.56. The van der Waals surface area contributed by atoms with Gasteiger partial charge in [-0.2, -0.15) is 26.3 Å². The van der Waals surface area contributed by atoms with Crippen LogP contribution < -0.4 is 5.73 Å². The number of rotatable bonds is 2. The van der Waals surface area contributed by atoms with Crippen LogP contribution in [0.5, 0.6) is 0 Å². The number of hydrogen-bond donors (Lipinski definition) is 1. The zero-order valence-electron chi connectivity index (χ0n) is 6.04. The second-order valence-electron chi connectivity index (χ2n) is 2.31. The van der Waals surface area contributed by atoms with Gasteiger partial charge < -0.3 is 5.73 Å². The summed E-state index contributed by atoms with van der Waals surface area (Å²) >= 11 is 3.99. The van der Waals surface area contributed by atoms with E-state index in [4.69, 9.17) is 0 Å². The molecule has 0 saturated carbocycles. The van der Waals surface area contributed by atoms with E-state index in [1.165, 1.54) is 0 Å². The molecular formula is C5H5F6NS. The Kier molecular flexibility index (Phi) is 3.54. The molecule has 1 nitrogen and oxygen atoms in total. The summed E-state index contributed by atoms with van der Waals surface area (Å²) in [5, 5.41) is 0. The van der Waals surface area contributed by atoms with Gasteiger partial charge in [-0.1, -0.05) is 12.2 Å². The number of hydrogen-bond acceptors (Lipinski definition) is 1. The van der Waals surface area contributed by atoms with Crippen LogP contribution in [0.3, 0.4) is 0 Å². The van der Waals surface area contributed by atoms with Crippen molar-refractivity contribution in [1.82, 2.24) is 0 Å². The average Bonchev–Trinajstić information content (AvgIpc) is 1.77. The molecule has 2 N–H and O–H groups in total. The Hall–Kier alpha value is -0.530. The lowest BCUT2D eigenvalue weighted by atomic mass is 10.1. The van der Waals surface area contributed by atoms with Crippen LogP contribution in [0, 0.1) is 5.92 Å². The van der Waals surface area contributed by atoms with E-state index < -0.39 is 29.7 Å². The third-order valence-electron chi connectivity index (χ3n) is 1.20. The van der Waals surface area contributed by atoms with Gasteiger partial charge in [0.25, 0.3) is 0 Å². The Morgan fingerprint density at radius 3 is 1.46 bits per heavy atom. The van der Waals surface area contributed by atoms with Crippen molar-refractivity contribution in [2.45, 2.75) is 18.8 Å². The molecule has 0 unspecified atom stereocenters. The lowest BCUT2D eigenvalue weighted by Crippen LogP contribution is -2.38. The fourth-order valence-corrected chi connectivity index (χ4v) is 0.785. The lowest BCUT2D eigenvalue weighted by molar-refractivity contribution is -0.281. The van der Waals surface area contributed by atoms with Gasteiger partial charge in [-0.15, -0.1) is 0 Å². The Morgan fingerprint density at radius 1 is 1.08 bits per heavy atom. The van der Waals surface area contributed by atoms with Crippen LogP contribution in [0.25, 0.3) is 0 Å². The molecule has 13 heavy (non-hydrogen) atoms.